The van der Waals surface area contributed by atoms with Crippen molar-refractivity contribution in [1.29, 1.82) is 0 Å². The molecule has 0 bridgehead atoms. The van der Waals surface area contributed by atoms with E-state index in [1.165, 1.54) is 11.4 Å². The lowest BCUT2D eigenvalue weighted by atomic mass is 10.00. The highest BCUT2D eigenvalue weighted by molar-refractivity contribution is 7.93. The van der Waals surface area contributed by atoms with Crippen LogP contribution in [0.25, 0.3) is 11.0 Å². The van der Waals surface area contributed by atoms with Crippen LogP contribution < -0.4 is 4.31 Å². The van der Waals surface area contributed by atoms with Crippen LogP contribution in [0.4, 0.5) is 14.5 Å². The fourth-order valence-corrected chi connectivity index (χ4v) is 5.34. The van der Waals surface area contributed by atoms with Crippen LogP contribution in [0.3, 0.4) is 0 Å². The van der Waals surface area contributed by atoms with Crippen LogP contribution in [0.2, 0.25) is 0 Å². The summed E-state index contributed by atoms with van der Waals surface area (Å²) in [7, 11) is -1.90. The van der Waals surface area contributed by atoms with Crippen molar-refractivity contribution in [3.05, 3.63) is 24.0 Å². The van der Waals surface area contributed by atoms with Gasteiger partial charge in [-0.3, -0.25) is 4.31 Å². The quantitative estimate of drug-likeness (QED) is 0.727. The second kappa shape index (κ2) is 6.95. The molecule has 0 amide bonds. The lowest BCUT2D eigenvalue weighted by Crippen LogP contribution is -2.29. The molecule has 1 aromatic carbocycles. The maximum atomic E-state index is 14.3. The average molecular weight is 413 g/mol. The fraction of sp³-hybridized carbons (Fsp3) is 0.632. The molecule has 0 radical (unpaired) electrons. The number of nitrogens with zero attached hydrogens (tertiary/aromatic N) is 3. The lowest BCUT2D eigenvalue weighted by molar-refractivity contribution is 0.00222. The molecule has 0 atom stereocenters. The van der Waals surface area contributed by atoms with Crippen LogP contribution in [0.15, 0.2) is 18.2 Å². The number of hydrogen-bond acceptors (Lipinski definition) is 4. The van der Waals surface area contributed by atoms with E-state index >= 15 is 0 Å². The van der Waals surface area contributed by atoms with Crippen LogP contribution in [-0.4, -0.2) is 43.5 Å². The smallest absolute Gasteiger partial charge is 0.302 e. The Morgan fingerprint density at radius 1 is 1.25 bits per heavy atom. The molecule has 9 heteroatoms. The molecule has 1 saturated heterocycles. The Labute approximate surface area is 163 Å². The second-order valence-corrected chi connectivity index (χ2v) is 10.1. The molecule has 0 unspecified atom stereocenters. The molecular weight excluding hydrogens is 388 g/mol. The molecule has 0 spiro atoms. The summed E-state index contributed by atoms with van der Waals surface area (Å²) in [6.45, 7) is 2.58. The maximum absolute atomic E-state index is 14.3. The Balaban J connectivity index is 1.73. The number of imidazole rings is 1. The van der Waals surface area contributed by atoms with Gasteiger partial charge in [-0.25, -0.2) is 13.4 Å². The topological polar surface area (TPSA) is 64.4 Å². The van der Waals surface area contributed by atoms with Crippen molar-refractivity contribution in [3.8, 4) is 0 Å². The first kappa shape index (κ1) is 19.6. The number of ether oxygens (including phenoxy) is 1. The standard InChI is InChI=1S/C19H25F2N3O3S/c1-19(20,21)18-22-16-11-14(23(2)28(25,26)15-4-5-15)3-6-17(16)24(18)12-13-7-9-27-10-8-13/h3,6,11,13,15H,4-5,7-10,12H2,1-2H3. The van der Waals surface area contributed by atoms with E-state index in [1.54, 1.807) is 22.8 Å². The average Bonchev–Trinajstić information content (AvgIpc) is 3.45. The van der Waals surface area contributed by atoms with Crippen LogP contribution >= 0.6 is 0 Å². The van der Waals surface area contributed by atoms with E-state index in [1.807, 2.05) is 0 Å². The summed E-state index contributed by atoms with van der Waals surface area (Å²) in [5.41, 5.74) is 1.43. The minimum Gasteiger partial charge on any atom is -0.381 e. The molecule has 1 aliphatic carbocycles. The molecule has 28 heavy (non-hydrogen) atoms. The number of hydrogen-bond donors (Lipinski definition) is 0. The Morgan fingerprint density at radius 2 is 1.93 bits per heavy atom. The first-order valence-electron chi connectivity index (χ1n) is 9.62. The van der Waals surface area contributed by atoms with Gasteiger partial charge in [0.25, 0.3) is 0 Å². The summed E-state index contributed by atoms with van der Waals surface area (Å²) in [6, 6.07) is 4.96. The van der Waals surface area contributed by atoms with Gasteiger partial charge in [0, 0.05) is 33.7 Å². The third kappa shape index (κ3) is 3.61. The van der Waals surface area contributed by atoms with Crippen molar-refractivity contribution in [1.82, 2.24) is 9.55 Å². The van der Waals surface area contributed by atoms with Gasteiger partial charge in [0.1, 0.15) is 0 Å². The molecule has 2 aliphatic rings. The molecule has 2 aromatic rings. The summed E-state index contributed by atoms with van der Waals surface area (Å²) in [5, 5.41) is -0.338. The molecule has 6 nitrogen and oxygen atoms in total. The third-order valence-corrected chi connectivity index (χ3v) is 7.89. The number of rotatable bonds is 6. The zero-order valence-corrected chi connectivity index (χ0v) is 16.9. The first-order valence-corrected chi connectivity index (χ1v) is 11.1. The van der Waals surface area contributed by atoms with Crippen molar-refractivity contribution in [2.45, 2.75) is 50.3 Å². The van der Waals surface area contributed by atoms with Crippen LogP contribution in [-0.2, 0) is 27.2 Å². The lowest BCUT2D eigenvalue weighted by Gasteiger charge is -2.24. The van der Waals surface area contributed by atoms with Crippen LogP contribution in [0.1, 0.15) is 38.4 Å². The van der Waals surface area contributed by atoms with Gasteiger partial charge >= 0.3 is 5.92 Å². The Morgan fingerprint density at radius 3 is 2.54 bits per heavy atom. The van der Waals surface area contributed by atoms with Crippen molar-refractivity contribution < 1.29 is 21.9 Å². The van der Waals surface area contributed by atoms with Gasteiger partial charge in [0.15, 0.2) is 5.82 Å². The zero-order valence-electron chi connectivity index (χ0n) is 16.1. The predicted octanol–water partition coefficient (Wildman–Crippen LogP) is 3.50. The largest absolute Gasteiger partial charge is 0.381 e. The summed E-state index contributed by atoms with van der Waals surface area (Å²) in [6.07, 6.45) is 2.99. The number of fused-ring (bicyclic) bond motifs is 1. The van der Waals surface area contributed by atoms with E-state index in [-0.39, 0.29) is 17.0 Å². The van der Waals surface area contributed by atoms with Crippen molar-refractivity contribution in [2.75, 3.05) is 24.6 Å². The van der Waals surface area contributed by atoms with Crippen molar-refractivity contribution >= 4 is 26.7 Å². The summed E-state index contributed by atoms with van der Waals surface area (Å²) in [4.78, 5) is 4.20. The van der Waals surface area contributed by atoms with Crippen LogP contribution in [0.5, 0.6) is 0 Å². The predicted molar refractivity (Wildman–Crippen MR) is 103 cm³/mol. The molecule has 154 valence electrons. The van der Waals surface area contributed by atoms with Gasteiger partial charge in [-0.2, -0.15) is 8.78 Å². The highest BCUT2D eigenvalue weighted by Crippen LogP contribution is 2.36. The molecule has 4 rings (SSSR count). The Hall–Kier alpha value is -1.74. The number of anilines is 1. The minimum atomic E-state index is -3.41. The van der Waals surface area contributed by atoms with Gasteiger partial charge in [-0.15, -0.1) is 0 Å². The molecule has 2 fully saturated rings. The van der Waals surface area contributed by atoms with Crippen LogP contribution in [0, 0.1) is 5.92 Å². The SMILES string of the molecule is CN(c1ccc2c(c1)nc(C(C)(F)F)n2CC1CCOCC1)S(=O)(=O)C1CC1. The number of benzene rings is 1. The highest BCUT2D eigenvalue weighted by atomic mass is 32.2. The first-order chi connectivity index (χ1) is 13.2. The minimum absolute atomic E-state index is 0.254. The summed E-state index contributed by atoms with van der Waals surface area (Å²) < 4.78 is 61.7. The van der Waals surface area contributed by atoms with Gasteiger partial charge in [0.2, 0.25) is 10.0 Å². The second-order valence-electron chi connectivity index (χ2n) is 7.87. The van der Waals surface area contributed by atoms with E-state index in [0.717, 1.165) is 19.8 Å². The molecule has 2 heterocycles. The third-order valence-electron chi connectivity index (χ3n) is 5.60. The maximum Gasteiger partial charge on any atom is 0.302 e. The zero-order chi connectivity index (χ0) is 20.1. The normalized spacial score (nSPS) is 19.3. The monoisotopic (exact) mass is 413 g/mol. The Bertz CT molecular complexity index is 974. The van der Waals surface area contributed by atoms with Gasteiger partial charge in [-0.1, -0.05) is 0 Å². The highest BCUT2D eigenvalue weighted by Gasteiger charge is 2.39. The molecule has 1 aromatic heterocycles. The number of alkyl halides is 2. The van der Waals surface area contributed by atoms with Crippen molar-refractivity contribution in [2.24, 2.45) is 5.92 Å². The van der Waals surface area contributed by atoms with E-state index in [2.05, 4.69) is 4.98 Å². The number of aromatic nitrogens is 2. The van der Waals surface area contributed by atoms with Gasteiger partial charge < -0.3 is 9.30 Å². The summed E-state index contributed by atoms with van der Waals surface area (Å²) in [5.74, 6) is -3.11. The van der Waals surface area contributed by atoms with E-state index in [0.29, 0.717) is 49.3 Å². The molecule has 1 saturated carbocycles. The number of halogens is 2. The van der Waals surface area contributed by atoms with E-state index in [4.69, 9.17) is 4.74 Å². The van der Waals surface area contributed by atoms with Gasteiger partial charge in [-0.05, 0) is 49.8 Å². The molecule has 1 aliphatic heterocycles. The van der Waals surface area contributed by atoms with Gasteiger partial charge in [0.05, 0.1) is 22.0 Å². The van der Waals surface area contributed by atoms with E-state index in [9.17, 15) is 17.2 Å². The van der Waals surface area contributed by atoms with Crippen molar-refractivity contribution in [3.63, 3.8) is 0 Å². The molecular formula is C19H25F2N3O3S. The molecule has 0 N–H and O–H groups in total. The fourth-order valence-electron chi connectivity index (χ4n) is 3.76. The summed E-state index contributed by atoms with van der Waals surface area (Å²) >= 11 is 0. The Kier molecular flexibility index (Phi) is 4.86. The number of sulfonamides is 1. The van der Waals surface area contributed by atoms with E-state index < -0.39 is 15.9 Å².